The minimum absolute atomic E-state index is 0.126. The third kappa shape index (κ3) is 2.77. The van der Waals surface area contributed by atoms with E-state index < -0.39 is 11.8 Å². The molecular formula is C13H15N5O2. The number of carbonyl (C=O) groups is 2. The summed E-state index contributed by atoms with van der Waals surface area (Å²) in [5.74, 6) is -1.30. The minimum Gasteiger partial charge on any atom is -0.370 e. The summed E-state index contributed by atoms with van der Waals surface area (Å²) in [7, 11) is 0. The van der Waals surface area contributed by atoms with Gasteiger partial charge in [0, 0.05) is 23.9 Å². The molecule has 1 aromatic heterocycles. The number of nitrogens with zero attached hydrogens (tertiary/aromatic N) is 2. The molecule has 2 aromatic rings. The van der Waals surface area contributed by atoms with E-state index in [0.717, 1.165) is 10.9 Å². The van der Waals surface area contributed by atoms with Crippen LogP contribution in [0.5, 0.6) is 0 Å². The van der Waals surface area contributed by atoms with Crippen molar-refractivity contribution in [2.45, 2.75) is 13.0 Å². The highest BCUT2D eigenvalue weighted by molar-refractivity contribution is 6.04. The van der Waals surface area contributed by atoms with Gasteiger partial charge in [0.2, 0.25) is 5.91 Å². The van der Waals surface area contributed by atoms with Crippen molar-refractivity contribution < 1.29 is 9.59 Å². The quantitative estimate of drug-likeness (QED) is 0.531. The molecule has 0 spiro atoms. The zero-order valence-corrected chi connectivity index (χ0v) is 10.7. The van der Waals surface area contributed by atoms with Gasteiger partial charge in [-0.05, 0) is 12.1 Å². The van der Waals surface area contributed by atoms with Crippen molar-refractivity contribution in [2.75, 3.05) is 0 Å². The molecular weight excluding hydrogens is 258 g/mol. The summed E-state index contributed by atoms with van der Waals surface area (Å²) in [4.78, 5) is 26.5. The molecule has 0 saturated heterocycles. The largest absolute Gasteiger partial charge is 0.370 e. The van der Waals surface area contributed by atoms with E-state index in [1.807, 2.05) is 24.3 Å². The second-order valence-corrected chi connectivity index (χ2v) is 4.30. The van der Waals surface area contributed by atoms with Crippen LogP contribution in [-0.4, -0.2) is 22.3 Å². The lowest BCUT2D eigenvalue weighted by atomic mass is 10.2. The van der Waals surface area contributed by atoms with E-state index in [1.165, 1.54) is 0 Å². The Morgan fingerprint density at radius 2 is 1.85 bits per heavy atom. The number of hydrogen-bond donors (Lipinski definition) is 3. The Kier molecular flexibility index (Phi) is 3.69. The summed E-state index contributed by atoms with van der Waals surface area (Å²) in [6.45, 7) is 0.296. The van der Waals surface area contributed by atoms with Crippen molar-refractivity contribution in [3.8, 4) is 0 Å². The Bertz CT molecular complexity index is 698. The molecule has 7 nitrogen and oxygen atoms in total. The van der Waals surface area contributed by atoms with Gasteiger partial charge in [0.1, 0.15) is 5.69 Å². The molecule has 0 aliphatic heterocycles. The maximum Gasteiger partial charge on any atom is 0.296 e. The minimum atomic E-state index is -0.550. The fourth-order valence-electron chi connectivity index (χ4n) is 2.02. The average molecular weight is 273 g/mol. The first kappa shape index (κ1) is 13.6. The van der Waals surface area contributed by atoms with Crippen LogP contribution in [0.15, 0.2) is 35.3 Å². The molecule has 20 heavy (non-hydrogen) atoms. The number of rotatable bonds is 4. The molecule has 0 aliphatic carbocycles. The Morgan fingerprint density at radius 3 is 2.50 bits per heavy atom. The zero-order chi connectivity index (χ0) is 14.7. The van der Waals surface area contributed by atoms with E-state index in [-0.39, 0.29) is 12.4 Å². The molecule has 0 bridgehead atoms. The normalized spacial score (nSPS) is 10.4. The van der Waals surface area contributed by atoms with Crippen molar-refractivity contribution in [2.24, 2.45) is 22.2 Å². The highest BCUT2D eigenvalue weighted by Crippen LogP contribution is 2.21. The van der Waals surface area contributed by atoms with Crippen molar-refractivity contribution >= 4 is 28.7 Å². The average Bonchev–Trinajstić information content (AvgIpc) is 2.74. The summed E-state index contributed by atoms with van der Waals surface area (Å²) in [5.41, 5.74) is 16.7. The van der Waals surface area contributed by atoms with Crippen LogP contribution in [0.25, 0.3) is 10.9 Å². The molecule has 0 radical (unpaired) electrons. The fourth-order valence-corrected chi connectivity index (χ4v) is 2.02. The van der Waals surface area contributed by atoms with Gasteiger partial charge < -0.3 is 21.8 Å². The van der Waals surface area contributed by atoms with E-state index in [0.29, 0.717) is 12.2 Å². The highest BCUT2D eigenvalue weighted by atomic mass is 16.2. The van der Waals surface area contributed by atoms with Crippen molar-refractivity contribution in [3.63, 3.8) is 0 Å². The Balaban J connectivity index is 2.51. The van der Waals surface area contributed by atoms with Gasteiger partial charge in [-0.1, -0.05) is 18.2 Å². The van der Waals surface area contributed by atoms with E-state index in [9.17, 15) is 9.59 Å². The molecule has 0 unspecified atom stereocenters. The van der Waals surface area contributed by atoms with Crippen LogP contribution in [0, 0.1) is 0 Å². The Labute approximate surface area is 115 Å². The first-order chi connectivity index (χ1) is 9.49. The van der Waals surface area contributed by atoms with Crippen LogP contribution in [0.2, 0.25) is 0 Å². The number of amides is 2. The number of fused-ring (bicyclic) bond motifs is 1. The molecule has 0 fully saturated rings. The standard InChI is InChI=1S/C13H15N5O2/c14-11(19)5-6-18-9-4-2-1-3-8(9)7-10(18)12(20)17-13(15)16/h1-4,7H,5-6H2,(H2,14,19)(H4,15,16,17,20). The molecule has 0 aliphatic rings. The lowest BCUT2D eigenvalue weighted by Gasteiger charge is -2.07. The van der Waals surface area contributed by atoms with E-state index in [2.05, 4.69) is 4.99 Å². The van der Waals surface area contributed by atoms with Gasteiger partial charge >= 0.3 is 0 Å². The topological polar surface area (TPSA) is 129 Å². The third-order valence-corrected chi connectivity index (χ3v) is 2.84. The number of hydrogen-bond acceptors (Lipinski definition) is 2. The van der Waals surface area contributed by atoms with Gasteiger partial charge in [0.05, 0.1) is 0 Å². The number of benzene rings is 1. The lowest BCUT2D eigenvalue weighted by Crippen LogP contribution is -2.25. The number of aliphatic imine (C=N–C) groups is 1. The number of primary amides is 1. The fraction of sp³-hybridized carbons (Fsp3) is 0.154. The molecule has 104 valence electrons. The SMILES string of the molecule is NC(=O)CCn1c(C(=O)N=C(N)N)cc2ccccc21. The first-order valence-corrected chi connectivity index (χ1v) is 5.99. The molecule has 1 aromatic carbocycles. The van der Waals surface area contributed by atoms with Crippen molar-refractivity contribution in [1.29, 1.82) is 0 Å². The number of guanidine groups is 1. The van der Waals surface area contributed by atoms with Crippen LogP contribution in [0.4, 0.5) is 0 Å². The summed E-state index contributed by atoms with van der Waals surface area (Å²) in [5, 5.41) is 0.867. The lowest BCUT2D eigenvalue weighted by molar-refractivity contribution is -0.118. The molecule has 1 heterocycles. The molecule has 7 heteroatoms. The number of aryl methyl sites for hydroxylation is 1. The van der Waals surface area contributed by atoms with E-state index in [1.54, 1.807) is 10.6 Å². The second-order valence-electron chi connectivity index (χ2n) is 4.30. The van der Waals surface area contributed by atoms with Crippen LogP contribution >= 0.6 is 0 Å². The second kappa shape index (κ2) is 5.43. The predicted octanol–water partition coefficient (Wildman–Crippen LogP) is -0.0697. The third-order valence-electron chi connectivity index (χ3n) is 2.84. The van der Waals surface area contributed by atoms with Crippen molar-refractivity contribution in [3.05, 3.63) is 36.0 Å². The predicted molar refractivity (Wildman–Crippen MR) is 75.9 cm³/mol. The maximum absolute atomic E-state index is 12.0. The number of aromatic nitrogens is 1. The van der Waals surface area contributed by atoms with Crippen molar-refractivity contribution in [1.82, 2.24) is 4.57 Å². The first-order valence-electron chi connectivity index (χ1n) is 5.99. The van der Waals surface area contributed by atoms with Gasteiger partial charge in [-0.15, -0.1) is 0 Å². The smallest absolute Gasteiger partial charge is 0.296 e. The van der Waals surface area contributed by atoms with Gasteiger partial charge in [-0.2, -0.15) is 4.99 Å². The molecule has 0 atom stereocenters. The Hall–Kier alpha value is -2.83. The molecule has 2 amide bonds. The summed E-state index contributed by atoms with van der Waals surface area (Å²) in [6.07, 6.45) is 0.126. The molecule has 6 N–H and O–H groups in total. The van der Waals surface area contributed by atoms with Gasteiger partial charge in [0.15, 0.2) is 5.96 Å². The summed E-state index contributed by atoms with van der Waals surface area (Å²) >= 11 is 0. The summed E-state index contributed by atoms with van der Waals surface area (Å²) < 4.78 is 1.69. The van der Waals surface area contributed by atoms with Crippen LogP contribution in [-0.2, 0) is 11.3 Å². The number of para-hydroxylation sites is 1. The molecule has 2 rings (SSSR count). The monoisotopic (exact) mass is 273 g/mol. The van der Waals surface area contributed by atoms with Gasteiger partial charge in [-0.3, -0.25) is 9.59 Å². The van der Waals surface area contributed by atoms with E-state index >= 15 is 0 Å². The van der Waals surface area contributed by atoms with Crippen LogP contribution < -0.4 is 17.2 Å². The molecule has 0 saturated carbocycles. The van der Waals surface area contributed by atoms with Crippen LogP contribution in [0.1, 0.15) is 16.9 Å². The van der Waals surface area contributed by atoms with Crippen LogP contribution in [0.3, 0.4) is 0 Å². The summed E-state index contributed by atoms with van der Waals surface area (Å²) in [6, 6.07) is 9.10. The maximum atomic E-state index is 12.0. The zero-order valence-electron chi connectivity index (χ0n) is 10.7. The van der Waals surface area contributed by atoms with Gasteiger partial charge in [-0.25, -0.2) is 0 Å². The highest BCUT2D eigenvalue weighted by Gasteiger charge is 2.15. The number of nitrogens with two attached hydrogens (primary N) is 3. The number of carbonyl (C=O) groups excluding carboxylic acids is 2. The Morgan fingerprint density at radius 1 is 1.15 bits per heavy atom. The van der Waals surface area contributed by atoms with E-state index in [4.69, 9.17) is 17.2 Å². The van der Waals surface area contributed by atoms with Gasteiger partial charge in [0.25, 0.3) is 5.91 Å².